The summed E-state index contributed by atoms with van der Waals surface area (Å²) in [4.78, 5) is 74.5. The second-order valence-electron chi connectivity index (χ2n) is 28.3. The fraction of sp³-hybridized carbons (Fsp3) is 0.220. The highest BCUT2D eigenvalue weighted by atomic mass is 35.5. The zero-order valence-corrected chi connectivity index (χ0v) is 69.4. The minimum absolute atomic E-state index is 0.00203. The van der Waals surface area contributed by atoms with Gasteiger partial charge in [-0.2, -0.15) is 11.8 Å². The van der Waals surface area contributed by atoms with Crippen LogP contribution in [0.15, 0.2) is 316 Å². The summed E-state index contributed by atoms with van der Waals surface area (Å²) < 4.78 is 25.8. The number of halogens is 1. The number of amides is 2. The predicted octanol–water partition coefficient (Wildman–Crippen LogP) is 21.5. The van der Waals surface area contributed by atoms with E-state index < -0.39 is 5.97 Å². The largest absolute Gasteiger partial charge is 0.489 e. The Morgan fingerprint density at radius 3 is 1.50 bits per heavy atom. The lowest BCUT2D eigenvalue weighted by Crippen LogP contribution is -2.33. The average molecular weight is 1620 g/mol. The zero-order chi connectivity index (χ0) is 82.8. The topological polar surface area (TPSA) is 171 Å². The fourth-order valence-electron chi connectivity index (χ4n) is 12.5. The monoisotopic (exact) mass is 1620 g/mol. The standard InChI is InChI=1S/C29H28N2O4.C25H26O2S.C23H23ClO2S.C23H25NO3/c1-30(16-14-22-8-4-2-5-9-22)28(32)18-24-20-31(17-15-29(33)34)27-13-12-25(19-26(24)27)35-21-23-10-6-3-7-11-23;1-20(26)18-28-19-24(23-10-6-3-7-11-23)16-21-12-14-25(15-13-21)27-17-22-8-4-2-5-9-22;1-17(25)7-10-20(19-5-3-2-4-6-19)15-18-8-11-21(12-9-18)26-16-22-13-14-23(24)27-22;1-19(25)9-6-7-12-21-13-8-14-22(17-21)27-18-23(26)24(2)16-15-20-10-4-3-5-11-20/h2-13,15,17,19-20H,14,16,18,21H2,1H3,(H,33,34);2-15,24H,16-19H2,1H3;2-6,8-9,11-14,20H,7,10,15-16H2,1H3;3-14,17H,15-16,18H2,1-2H3/b17-15+;;;9-6+,12-7+. The number of Topliss-reactive ketones (excluding diaryl/α,β-unsaturated/α-hetero) is 2. The number of thiophene rings is 1. The summed E-state index contributed by atoms with van der Waals surface area (Å²) in [6.07, 6.45) is 16.4. The highest BCUT2D eigenvalue weighted by Gasteiger charge is 2.19. The number of fused-ring (bicyclic) bond motifs is 1. The van der Waals surface area contributed by atoms with Crippen LogP contribution in [0.3, 0.4) is 0 Å². The van der Waals surface area contributed by atoms with Gasteiger partial charge in [0.25, 0.3) is 5.91 Å². The van der Waals surface area contributed by atoms with Crippen LogP contribution in [0, 0.1) is 0 Å². The Balaban J connectivity index is 0.000000179. The molecule has 0 aliphatic rings. The van der Waals surface area contributed by atoms with Crippen molar-refractivity contribution < 1.29 is 52.8 Å². The lowest BCUT2D eigenvalue weighted by Gasteiger charge is -2.17. The van der Waals surface area contributed by atoms with Gasteiger partial charge in [-0.25, -0.2) is 4.79 Å². The van der Waals surface area contributed by atoms with E-state index in [1.807, 2.05) is 195 Å². The van der Waals surface area contributed by atoms with Crippen molar-refractivity contribution in [1.29, 1.82) is 0 Å². The van der Waals surface area contributed by atoms with E-state index in [9.17, 15) is 28.8 Å². The first-order valence-electron chi connectivity index (χ1n) is 39.1. The number of benzene rings is 10. The van der Waals surface area contributed by atoms with E-state index in [2.05, 4.69) is 109 Å². The molecule has 2 unspecified atom stereocenters. The number of carbonyl (C=O) groups is 6. The Labute approximate surface area is 701 Å². The Morgan fingerprint density at radius 1 is 0.487 bits per heavy atom. The first-order valence-corrected chi connectivity index (χ1v) is 41.4. The minimum Gasteiger partial charge on any atom is -0.489 e. The normalized spacial score (nSPS) is 11.4. The number of rotatable bonds is 38. The smallest absolute Gasteiger partial charge is 0.329 e. The third kappa shape index (κ3) is 33.0. The maximum absolute atomic E-state index is 13.0. The van der Waals surface area contributed by atoms with Gasteiger partial charge in [0, 0.05) is 68.1 Å². The summed E-state index contributed by atoms with van der Waals surface area (Å²) in [6.45, 7) is 7.63. The molecular weight excluding hydrogens is 1520 g/mol. The van der Waals surface area contributed by atoms with E-state index in [1.54, 1.807) is 59.2 Å². The highest BCUT2D eigenvalue weighted by Crippen LogP contribution is 2.32. The quantitative estimate of drug-likeness (QED) is 0.0287. The van der Waals surface area contributed by atoms with Crippen LogP contribution in [-0.4, -0.2) is 99.9 Å². The maximum Gasteiger partial charge on any atom is 0.329 e. The average Bonchev–Trinajstić information content (AvgIpc) is 1.64. The van der Waals surface area contributed by atoms with Gasteiger partial charge >= 0.3 is 5.97 Å². The van der Waals surface area contributed by atoms with Gasteiger partial charge in [-0.05, 0) is 193 Å². The molecule has 0 spiro atoms. The molecule has 17 heteroatoms. The van der Waals surface area contributed by atoms with Gasteiger partial charge in [-0.15, -0.1) is 11.3 Å². The molecule has 0 radical (unpaired) electrons. The van der Waals surface area contributed by atoms with Crippen LogP contribution in [0.25, 0.3) is 23.2 Å². The Morgan fingerprint density at radius 2 is 0.983 bits per heavy atom. The molecule has 0 aliphatic carbocycles. The van der Waals surface area contributed by atoms with Crippen molar-refractivity contribution in [1.82, 2.24) is 14.4 Å². The van der Waals surface area contributed by atoms with Gasteiger partial charge in [0.1, 0.15) is 54.4 Å². The van der Waals surface area contributed by atoms with Crippen LogP contribution in [0.1, 0.15) is 106 Å². The number of likely N-dealkylation sites (N-methyl/N-ethyl adjacent to an activating group) is 2. The molecule has 0 fully saturated rings. The fourth-order valence-corrected chi connectivity index (χ4v) is 14.5. The first kappa shape index (κ1) is 88.9. The summed E-state index contributed by atoms with van der Waals surface area (Å²) in [5.74, 6) is 4.70. The van der Waals surface area contributed by atoms with Crippen LogP contribution < -0.4 is 18.9 Å². The molecule has 12 aromatic rings. The van der Waals surface area contributed by atoms with Crippen molar-refractivity contribution in [2.75, 3.05) is 45.3 Å². The van der Waals surface area contributed by atoms with Gasteiger partial charge in [0.05, 0.1) is 22.0 Å². The van der Waals surface area contributed by atoms with Crippen molar-refractivity contribution in [2.24, 2.45) is 0 Å². The minimum atomic E-state index is -1.03. The second-order valence-corrected chi connectivity index (χ2v) is 31.1. The molecule has 1 N–H and O–H groups in total. The van der Waals surface area contributed by atoms with E-state index in [0.717, 1.165) is 92.2 Å². The predicted molar refractivity (Wildman–Crippen MR) is 477 cm³/mol. The van der Waals surface area contributed by atoms with Crippen molar-refractivity contribution in [3.05, 3.63) is 380 Å². The number of carboxylic acid groups (broad SMARTS) is 1. The molecule has 2 atom stereocenters. The summed E-state index contributed by atoms with van der Waals surface area (Å²) in [6, 6.07) is 94.9. The number of carbonyl (C=O) groups excluding carboxylic acids is 5. The van der Waals surface area contributed by atoms with Crippen molar-refractivity contribution >= 4 is 93.0 Å². The SMILES string of the molecule is CC(=O)/C=C/C=C/c1cccc(OCC(=O)N(C)CCc2ccccc2)c1.CC(=O)CCC(Cc1ccc(OCc2ccc(Cl)s2)cc1)c1ccccc1.CC(=O)CSCC(Cc1ccc(OCc2ccccc2)cc1)c1ccccc1.CN(CCc1ccccc1)C(=O)Cc1cn(/C=C/C(=O)O)c2ccc(OCc3ccccc3)cc12. The van der Waals surface area contributed by atoms with Crippen molar-refractivity contribution in [3.63, 3.8) is 0 Å². The molecule has 0 saturated heterocycles. The highest BCUT2D eigenvalue weighted by molar-refractivity contribution is 7.99. The number of ether oxygens (including phenoxy) is 4. The Hall–Kier alpha value is -12.1. The van der Waals surface area contributed by atoms with Crippen molar-refractivity contribution in [2.45, 2.75) is 97.4 Å². The molecule has 0 bridgehead atoms. The number of carboxylic acids is 1. The number of ketones is 3. The summed E-state index contributed by atoms with van der Waals surface area (Å²) in [5, 5.41) is 9.92. The molecule has 14 nitrogen and oxygen atoms in total. The molecular formula is C100H102ClN3O11S2. The van der Waals surface area contributed by atoms with E-state index in [1.165, 1.54) is 69.5 Å². The summed E-state index contributed by atoms with van der Waals surface area (Å²) in [7, 11) is 3.60. The maximum atomic E-state index is 13.0. The molecule has 602 valence electrons. The van der Waals surface area contributed by atoms with Crippen LogP contribution >= 0.6 is 34.7 Å². The first-order chi connectivity index (χ1) is 56.8. The molecule has 2 aromatic heterocycles. The number of hydrogen-bond donors (Lipinski definition) is 1. The zero-order valence-electron chi connectivity index (χ0n) is 67.0. The van der Waals surface area contributed by atoms with Crippen molar-refractivity contribution in [3.8, 4) is 23.0 Å². The van der Waals surface area contributed by atoms with Crippen LogP contribution in [-0.2, 0) is 80.7 Å². The molecule has 2 heterocycles. The molecule has 0 saturated carbocycles. The number of thioether (sulfide) groups is 1. The Kier molecular flexibility index (Phi) is 37.2. The third-order valence-electron chi connectivity index (χ3n) is 18.9. The third-order valence-corrected chi connectivity index (χ3v) is 21.3. The number of nitrogens with zero attached hydrogens (tertiary/aromatic N) is 3. The number of aromatic nitrogens is 1. The van der Waals surface area contributed by atoms with Crippen LogP contribution in [0.5, 0.6) is 23.0 Å². The van der Waals surface area contributed by atoms with E-state index in [4.69, 9.17) is 35.7 Å². The molecule has 10 aromatic carbocycles. The molecule has 117 heavy (non-hydrogen) atoms. The van der Waals surface area contributed by atoms with Crippen LogP contribution in [0.4, 0.5) is 0 Å². The number of aliphatic carboxylic acids is 1. The molecule has 0 aliphatic heterocycles. The van der Waals surface area contributed by atoms with E-state index >= 15 is 0 Å². The lowest BCUT2D eigenvalue weighted by molar-refractivity contribution is -0.132. The summed E-state index contributed by atoms with van der Waals surface area (Å²) >= 11 is 9.20. The van der Waals surface area contributed by atoms with E-state index in [-0.39, 0.29) is 42.2 Å². The Bertz CT molecular complexity index is 5120. The van der Waals surface area contributed by atoms with Gasteiger partial charge in [-0.1, -0.05) is 248 Å². The summed E-state index contributed by atoms with van der Waals surface area (Å²) in [5.41, 5.74) is 12.3. The van der Waals surface area contributed by atoms with Crippen LogP contribution in [0.2, 0.25) is 4.34 Å². The van der Waals surface area contributed by atoms with E-state index in [0.29, 0.717) is 68.4 Å². The van der Waals surface area contributed by atoms with Gasteiger partial charge in [-0.3, -0.25) is 19.2 Å². The molecule has 12 rings (SSSR count). The van der Waals surface area contributed by atoms with Gasteiger partial charge < -0.3 is 43.2 Å². The molecule has 2 amide bonds. The van der Waals surface area contributed by atoms with Gasteiger partial charge in [0.2, 0.25) is 5.91 Å². The second kappa shape index (κ2) is 49.0. The number of hydrogen-bond acceptors (Lipinski definition) is 12. The number of allylic oxidation sites excluding steroid dienone is 3. The van der Waals surface area contributed by atoms with Gasteiger partial charge in [0.15, 0.2) is 12.4 Å². The lowest BCUT2D eigenvalue weighted by atomic mass is 9.88.